The zero-order valence-electron chi connectivity index (χ0n) is 15.7. The predicted molar refractivity (Wildman–Crippen MR) is 107 cm³/mol. The van der Waals surface area contributed by atoms with Crippen molar-refractivity contribution < 1.29 is 35.8 Å². The summed E-state index contributed by atoms with van der Waals surface area (Å²) in [5.74, 6) is -0.826. The molecule has 4 nitrogen and oxygen atoms in total. The van der Waals surface area contributed by atoms with E-state index in [0.717, 1.165) is 30.0 Å². The normalized spacial score (nSPS) is 12.0. The minimum absolute atomic E-state index is 0.104. The molecule has 0 saturated carbocycles. The summed E-state index contributed by atoms with van der Waals surface area (Å²) >= 11 is 12.2. The monoisotopic (exact) mass is 514 g/mol. The second-order valence-electron chi connectivity index (χ2n) is 6.01. The van der Waals surface area contributed by atoms with E-state index in [0.29, 0.717) is 12.1 Å². The van der Waals surface area contributed by atoms with E-state index in [9.17, 15) is 26.3 Å². The maximum atomic E-state index is 13.1. The highest BCUT2D eigenvalue weighted by Crippen LogP contribution is 2.39. The molecule has 0 fully saturated rings. The fraction of sp³-hybridized carbons (Fsp3) is 0.158. The molecule has 0 amide bonds. The third kappa shape index (κ3) is 5.90. The van der Waals surface area contributed by atoms with Crippen LogP contribution in [-0.4, -0.2) is 16.2 Å². The van der Waals surface area contributed by atoms with Crippen LogP contribution in [0.3, 0.4) is 0 Å². The second kappa shape index (κ2) is 9.24. The highest BCUT2D eigenvalue weighted by Gasteiger charge is 2.34. The van der Waals surface area contributed by atoms with Gasteiger partial charge in [0.05, 0.1) is 27.2 Å². The molecule has 2 aromatic carbocycles. The number of aromatic nitrogens is 2. The predicted octanol–water partition coefficient (Wildman–Crippen LogP) is 8.13. The number of rotatable bonds is 5. The average molecular weight is 515 g/mol. The van der Waals surface area contributed by atoms with Gasteiger partial charge in [-0.05, 0) is 42.7 Å². The van der Waals surface area contributed by atoms with Crippen LogP contribution in [0.4, 0.5) is 26.3 Å². The van der Waals surface area contributed by atoms with E-state index in [-0.39, 0.29) is 28.4 Å². The summed E-state index contributed by atoms with van der Waals surface area (Å²) in [6.45, 7) is 0. The number of hydrogen-bond acceptors (Lipinski definition) is 5. The summed E-state index contributed by atoms with van der Waals surface area (Å²) in [6.07, 6.45) is -7.80. The minimum Gasteiger partial charge on any atom is -0.439 e. The average Bonchev–Trinajstić information content (AvgIpc) is 2.69. The first-order chi connectivity index (χ1) is 14.9. The second-order valence-corrected chi connectivity index (χ2v) is 7.60. The lowest BCUT2D eigenvalue weighted by Gasteiger charge is -2.13. The van der Waals surface area contributed by atoms with Gasteiger partial charge in [-0.1, -0.05) is 35.0 Å². The fourth-order valence-electron chi connectivity index (χ4n) is 2.39. The Labute approximate surface area is 191 Å². The van der Waals surface area contributed by atoms with Gasteiger partial charge in [-0.3, -0.25) is 0 Å². The first kappa shape index (κ1) is 24.3. The summed E-state index contributed by atoms with van der Waals surface area (Å²) in [6, 6.07) is 6.93. The topological polar surface area (TPSA) is 44.2 Å². The van der Waals surface area contributed by atoms with Crippen LogP contribution in [0, 0.1) is 0 Å². The quantitative estimate of drug-likeness (QED) is 0.195. The van der Waals surface area contributed by atoms with E-state index in [1.54, 1.807) is 6.26 Å². The van der Waals surface area contributed by atoms with Crippen LogP contribution >= 0.6 is 35.0 Å². The Balaban J connectivity index is 1.92. The van der Waals surface area contributed by atoms with Gasteiger partial charge in [0.15, 0.2) is 5.16 Å². The van der Waals surface area contributed by atoms with E-state index in [1.165, 1.54) is 12.1 Å². The lowest BCUT2D eigenvalue weighted by atomic mass is 10.2. The van der Waals surface area contributed by atoms with Crippen molar-refractivity contribution in [2.75, 3.05) is 6.26 Å². The molecular weight excluding hydrogens is 505 g/mol. The number of benzene rings is 2. The van der Waals surface area contributed by atoms with Gasteiger partial charge >= 0.3 is 12.4 Å². The molecule has 13 heteroatoms. The minimum atomic E-state index is -4.70. The molecule has 0 aliphatic carbocycles. The first-order valence-electron chi connectivity index (χ1n) is 8.39. The van der Waals surface area contributed by atoms with Gasteiger partial charge in [0.25, 0.3) is 0 Å². The maximum Gasteiger partial charge on any atom is 0.417 e. The Morgan fingerprint density at radius 2 is 1.12 bits per heavy atom. The Morgan fingerprint density at radius 3 is 1.47 bits per heavy atom. The van der Waals surface area contributed by atoms with Gasteiger partial charge in [0.1, 0.15) is 11.5 Å². The van der Waals surface area contributed by atoms with Crippen molar-refractivity contribution in [3.8, 4) is 23.3 Å². The summed E-state index contributed by atoms with van der Waals surface area (Å²) in [5.41, 5.74) is -2.21. The zero-order valence-corrected chi connectivity index (χ0v) is 18.0. The van der Waals surface area contributed by atoms with Crippen molar-refractivity contribution in [1.82, 2.24) is 9.97 Å². The van der Waals surface area contributed by atoms with Crippen molar-refractivity contribution in [3.63, 3.8) is 0 Å². The molecule has 0 aliphatic heterocycles. The summed E-state index contributed by atoms with van der Waals surface area (Å²) in [4.78, 5) is 8.02. The molecule has 1 heterocycles. The van der Waals surface area contributed by atoms with E-state index in [4.69, 9.17) is 32.7 Å². The molecule has 0 atom stereocenters. The van der Waals surface area contributed by atoms with Gasteiger partial charge in [-0.15, -0.1) is 0 Å². The Hall–Kier alpha value is -2.37. The van der Waals surface area contributed by atoms with Gasteiger partial charge in [-0.2, -0.15) is 36.3 Å². The van der Waals surface area contributed by atoms with Gasteiger partial charge in [0, 0.05) is 0 Å². The summed E-state index contributed by atoms with van der Waals surface area (Å²) in [5, 5.41) is -0.915. The smallest absolute Gasteiger partial charge is 0.417 e. The molecule has 0 spiro atoms. The van der Waals surface area contributed by atoms with Crippen LogP contribution in [0.25, 0.3) is 0 Å². The molecule has 0 N–H and O–H groups in total. The third-order valence-electron chi connectivity index (χ3n) is 3.77. The Bertz CT molecular complexity index is 1060. The molecule has 0 aliphatic rings. The molecule has 32 heavy (non-hydrogen) atoms. The standard InChI is InChI=1S/C19H10Cl2F6N2O2S/c1-32-17-28-15(30-9-2-4-13(20)11(6-9)18(22,23)24)8-16(29-17)31-10-3-5-14(21)12(7-10)19(25,26)27/h2-8H,1H3. The molecule has 3 aromatic rings. The number of halogens is 8. The van der Waals surface area contributed by atoms with Crippen LogP contribution in [0.5, 0.6) is 23.3 Å². The van der Waals surface area contributed by atoms with Crippen molar-refractivity contribution in [1.29, 1.82) is 0 Å². The maximum absolute atomic E-state index is 13.1. The largest absolute Gasteiger partial charge is 0.439 e. The first-order valence-corrected chi connectivity index (χ1v) is 10.4. The van der Waals surface area contributed by atoms with Crippen LogP contribution in [0.1, 0.15) is 11.1 Å². The summed E-state index contributed by atoms with van der Waals surface area (Å²) in [7, 11) is 0. The molecular formula is C19H10Cl2F6N2O2S. The number of hydrogen-bond donors (Lipinski definition) is 0. The Kier molecular flexibility index (Phi) is 7.01. The number of nitrogens with zero attached hydrogens (tertiary/aromatic N) is 2. The van der Waals surface area contributed by atoms with Crippen LogP contribution < -0.4 is 9.47 Å². The molecule has 170 valence electrons. The molecule has 0 radical (unpaired) electrons. The third-order valence-corrected chi connectivity index (χ3v) is 4.98. The lowest BCUT2D eigenvalue weighted by Crippen LogP contribution is -2.06. The van der Waals surface area contributed by atoms with Crippen LogP contribution in [-0.2, 0) is 12.4 Å². The summed E-state index contributed by atoms with van der Waals surface area (Å²) < 4.78 is 89.1. The number of thioether (sulfide) groups is 1. The fourth-order valence-corrected chi connectivity index (χ4v) is 3.20. The van der Waals surface area contributed by atoms with Crippen LogP contribution in [0.2, 0.25) is 10.0 Å². The SMILES string of the molecule is CSc1nc(Oc2ccc(Cl)c(C(F)(F)F)c2)cc(Oc2ccc(Cl)c(C(F)(F)F)c2)n1. The molecule has 0 unspecified atom stereocenters. The van der Waals surface area contributed by atoms with Crippen molar-refractivity contribution in [2.45, 2.75) is 17.5 Å². The van der Waals surface area contributed by atoms with Gasteiger partial charge in [-0.25, -0.2) is 0 Å². The number of ether oxygens (including phenoxy) is 2. The lowest BCUT2D eigenvalue weighted by molar-refractivity contribution is -0.138. The van der Waals surface area contributed by atoms with Crippen LogP contribution in [0.15, 0.2) is 47.6 Å². The van der Waals surface area contributed by atoms with Gasteiger partial charge in [0.2, 0.25) is 11.8 Å². The molecule has 0 saturated heterocycles. The highest BCUT2D eigenvalue weighted by atomic mass is 35.5. The molecule has 1 aromatic heterocycles. The van der Waals surface area contributed by atoms with E-state index in [2.05, 4.69) is 9.97 Å². The van der Waals surface area contributed by atoms with Crippen molar-refractivity contribution in [3.05, 3.63) is 63.6 Å². The molecule has 3 rings (SSSR count). The Morgan fingerprint density at radius 1 is 0.719 bits per heavy atom. The van der Waals surface area contributed by atoms with E-state index < -0.39 is 33.5 Å². The van der Waals surface area contributed by atoms with Gasteiger partial charge < -0.3 is 9.47 Å². The van der Waals surface area contributed by atoms with Crippen molar-refractivity contribution >= 4 is 35.0 Å². The van der Waals surface area contributed by atoms with E-state index in [1.807, 2.05) is 0 Å². The number of alkyl halides is 6. The molecule has 0 bridgehead atoms. The zero-order chi connectivity index (χ0) is 23.7. The van der Waals surface area contributed by atoms with E-state index >= 15 is 0 Å². The highest BCUT2D eigenvalue weighted by molar-refractivity contribution is 7.98. The van der Waals surface area contributed by atoms with Crippen molar-refractivity contribution in [2.24, 2.45) is 0 Å².